The molecule has 0 saturated carbocycles. The minimum absolute atomic E-state index is 0.0510. The lowest BCUT2D eigenvalue weighted by molar-refractivity contribution is -0.120. The molecular weight excluding hydrogens is 374 g/mol. The molecule has 7 nitrogen and oxygen atoms in total. The van der Waals surface area contributed by atoms with E-state index in [2.05, 4.69) is 20.6 Å². The Morgan fingerprint density at radius 3 is 2.36 bits per heavy atom. The number of benzene rings is 2. The van der Waals surface area contributed by atoms with Gasteiger partial charge in [0.2, 0.25) is 5.91 Å². The third-order valence-corrected chi connectivity index (χ3v) is 5.37. The van der Waals surface area contributed by atoms with Gasteiger partial charge in [-0.2, -0.15) is 0 Å². The quantitative estimate of drug-likeness (QED) is 0.434. The molecule has 144 valence electrons. The highest BCUT2D eigenvalue weighted by Crippen LogP contribution is 2.31. The molecule has 3 amide bonds. The van der Waals surface area contributed by atoms with Gasteiger partial charge in [0.15, 0.2) is 5.16 Å². The molecule has 3 aromatic rings. The third-order valence-electron chi connectivity index (χ3n) is 3.96. The van der Waals surface area contributed by atoms with Gasteiger partial charge in [-0.25, -0.2) is 14.8 Å². The van der Waals surface area contributed by atoms with Gasteiger partial charge in [0.05, 0.1) is 10.8 Å². The van der Waals surface area contributed by atoms with Crippen LogP contribution in [0.25, 0.3) is 10.9 Å². The van der Waals surface area contributed by atoms with Crippen molar-refractivity contribution < 1.29 is 9.59 Å². The summed E-state index contributed by atoms with van der Waals surface area (Å²) in [6.07, 6.45) is 0. The zero-order valence-corrected chi connectivity index (χ0v) is 16.4. The molecule has 0 aliphatic rings. The number of anilines is 2. The number of hydrogen-bond donors (Lipinski definition) is 3. The van der Waals surface area contributed by atoms with Crippen molar-refractivity contribution in [3.8, 4) is 0 Å². The molecule has 0 fully saturated rings. The number of nitrogens with two attached hydrogens (primary N) is 1. The van der Waals surface area contributed by atoms with E-state index < -0.39 is 17.2 Å². The molecule has 1 atom stereocenters. The summed E-state index contributed by atoms with van der Waals surface area (Å²) in [5.41, 5.74) is 6.75. The summed E-state index contributed by atoms with van der Waals surface area (Å²) in [5, 5.41) is 6.21. The first-order valence-electron chi connectivity index (χ1n) is 8.80. The molecule has 0 aliphatic carbocycles. The number of rotatable bonds is 6. The fourth-order valence-electron chi connectivity index (χ4n) is 2.66. The number of para-hydroxylation sites is 2. The van der Waals surface area contributed by atoms with Crippen LogP contribution in [0, 0.1) is 5.92 Å². The van der Waals surface area contributed by atoms with Crippen LogP contribution in [0.3, 0.4) is 0 Å². The van der Waals surface area contributed by atoms with Crippen LogP contribution < -0.4 is 16.4 Å². The predicted molar refractivity (Wildman–Crippen MR) is 111 cm³/mol. The van der Waals surface area contributed by atoms with Gasteiger partial charge in [0.25, 0.3) is 0 Å². The molecule has 28 heavy (non-hydrogen) atoms. The predicted octanol–water partition coefficient (Wildman–Crippen LogP) is 3.69. The van der Waals surface area contributed by atoms with Crippen LogP contribution in [-0.4, -0.2) is 27.2 Å². The first kappa shape index (κ1) is 19.6. The highest BCUT2D eigenvalue weighted by molar-refractivity contribution is 8.00. The Bertz CT molecular complexity index is 994. The Labute approximate surface area is 167 Å². The van der Waals surface area contributed by atoms with Crippen molar-refractivity contribution in [2.45, 2.75) is 24.3 Å². The van der Waals surface area contributed by atoms with Gasteiger partial charge in [-0.1, -0.05) is 55.9 Å². The normalized spacial score (nSPS) is 12.0. The van der Waals surface area contributed by atoms with E-state index in [9.17, 15) is 9.59 Å². The van der Waals surface area contributed by atoms with Crippen LogP contribution >= 0.6 is 11.8 Å². The highest BCUT2D eigenvalue weighted by atomic mass is 32.2. The lowest BCUT2D eigenvalue weighted by atomic mass is 10.1. The largest absolute Gasteiger partial charge is 0.351 e. The second-order valence-corrected chi connectivity index (χ2v) is 7.61. The SMILES string of the molecule is CC(C)[C@@H](Sc1nc(Nc2ccccc2)c2ccccc2n1)C(=O)NC(N)=O. The highest BCUT2D eigenvalue weighted by Gasteiger charge is 2.26. The van der Waals surface area contributed by atoms with E-state index in [-0.39, 0.29) is 5.92 Å². The first-order chi connectivity index (χ1) is 13.4. The zero-order chi connectivity index (χ0) is 20.1. The molecule has 0 aliphatic heterocycles. The maximum atomic E-state index is 12.3. The van der Waals surface area contributed by atoms with Gasteiger partial charge < -0.3 is 11.1 Å². The fourth-order valence-corrected chi connectivity index (χ4v) is 3.62. The van der Waals surface area contributed by atoms with Crippen molar-refractivity contribution in [1.82, 2.24) is 15.3 Å². The van der Waals surface area contributed by atoms with Gasteiger partial charge >= 0.3 is 6.03 Å². The molecule has 4 N–H and O–H groups in total. The minimum Gasteiger partial charge on any atom is -0.351 e. The molecular formula is C20H21N5O2S. The molecule has 8 heteroatoms. The van der Waals surface area contributed by atoms with Crippen molar-refractivity contribution >= 4 is 46.1 Å². The van der Waals surface area contributed by atoms with Gasteiger partial charge in [0, 0.05) is 11.1 Å². The molecule has 1 aromatic heterocycles. The van der Waals surface area contributed by atoms with Crippen LogP contribution in [0.2, 0.25) is 0 Å². The van der Waals surface area contributed by atoms with Crippen LogP contribution in [0.15, 0.2) is 59.8 Å². The van der Waals surface area contributed by atoms with E-state index in [0.29, 0.717) is 11.0 Å². The Morgan fingerprint density at radius 2 is 1.68 bits per heavy atom. The summed E-state index contributed by atoms with van der Waals surface area (Å²) < 4.78 is 0. The molecule has 0 spiro atoms. The molecule has 0 bridgehead atoms. The number of carbonyl (C=O) groups is 2. The van der Waals surface area contributed by atoms with Crippen LogP contribution in [-0.2, 0) is 4.79 Å². The van der Waals surface area contributed by atoms with Crippen molar-refractivity contribution in [3.63, 3.8) is 0 Å². The monoisotopic (exact) mass is 395 g/mol. The maximum Gasteiger partial charge on any atom is 0.318 e. The number of thioether (sulfide) groups is 1. The Hall–Kier alpha value is -3.13. The molecule has 0 radical (unpaired) electrons. The van der Waals surface area contributed by atoms with E-state index in [1.54, 1.807) is 0 Å². The van der Waals surface area contributed by atoms with E-state index >= 15 is 0 Å². The number of imide groups is 1. The van der Waals surface area contributed by atoms with Crippen molar-refractivity contribution in [3.05, 3.63) is 54.6 Å². The number of aromatic nitrogens is 2. The Kier molecular flexibility index (Phi) is 6.10. The van der Waals surface area contributed by atoms with E-state index in [1.165, 1.54) is 11.8 Å². The topological polar surface area (TPSA) is 110 Å². The van der Waals surface area contributed by atoms with E-state index in [0.717, 1.165) is 16.6 Å². The molecule has 0 unspecified atom stereocenters. The van der Waals surface area contributed by atoms with E-state index in [4.69, 9.17) is 5.73 Å². The zero-order valence-electron chi connectivity index (χ0n) is 15.5. The number of hydrogen-bond acceptors (Lipinski definition) is 6. The standard InChI is InChI=1S/C20H21N5O2S/c1-12(2)16(18(26)25-19(21)27)28-20-23-15-11-7-6-10-14(15)17(24-20)22-13-8-4-3-5-9-13/h3-12,16H,1-2H3,(H,22,23,24)(H3,21,25,26,27)/t16-/m1/s1. The summed E-state index contributed by atoms with van der Waals surface area (Å²) in [4.78, 5) is 32.6. The number of nitrogens with zero attached hydrogens (tertiary/aromatic N) is 2. The van der Waals surface area contributed by atoms with Crippen molar-refractivity contribution in [2.75, 3.05) is 5.32 Å². The molecule has 1 heterocycles. The Morgan fingerprint density at radius 1 is 1.00 bits per heavy atom. The first-order valence-corrected chi connectivity index (χ1v) is 9.68. The van der Waals surface area contributed by atoms with Gasteiger partial charge in [0.1, 0.15) is 5.82 Å². The average molecular weight is 395 g/mol. The molecule has 3 rings (SSSR count). The summed E-state index contributed by atoms with van der Waals surface area (Å²) in [5.74, 6) is 0.142. The number of amides is 3. The van der Waals surface area contributed by atoms with Crippen LogP contribution in [0.1, 0.15) is 13.8 Å². The molecule has 2 aromatic carbocycles. The fraction of sp³-hybridized carbons (Fsp3) is 0.200. The maximum absolute atomic E-state index is 12.3. The number of fused-ring (bicyclic) bond motifs is 1. The summed E-state index contributed by atoms with van der Waals surface area (Å²) in [6, 6.07) is 16.5. The Balaban J connectivity index is 1.96. The second kappa shape index (κ2) is 8.71. The lowest BCUT2D eigenvalue weighted by Gasteiger charge is -2.18. The number of carbonyl (C=O) groups excluding carboxylic acids is 2. The number of nitrogens with one attached hydrogen (secondary N) is 2. The van der Waals surface area contributed by atoms with Crippen molar-refractivity contribution in [1.29, 1.82) is 0 Å². The van der Waals surface area contributed by atoms with Crippen molar-refractivity contribution in [2.24, 2.45) is 11.7 Å². The lowest BCUT2D eigenvalue weighted by Crippen LogP contribution is -2.42. The van der Waals surface area contributed by atoms with Crippen LogP contribution in [0.5, 0.6) is 0 Å². The minimum atomic E-state index is -0.873. The van der Waals surface area contributed by atoms with Gasteiger partial charge in [-0.3, -0.25) is 10.1 Å². The molecule has 0 saturated heterocycles. The average Bonchev–Trinajstić information content (AvgIpc) is 2.66. The summed E-state index contributed by atoms with van der Waals surface area (Å²) in [7, 11) is 0. The van der Waals surface area contributed by atoms with Gasteiger partial charge in [-0.05, 0) is 30.2 Å². The summed E-state index contributed by atoms with van der Waals surface area (Å²) >= 11 is 1.20. The smallest absolute Gasteiger partial charge is 0.318 e. The third kappa shape index (κ3) is 4.77. The van der Waals surface area contributed by atoms with Gasteiger partial charge in [-0.15, -0.1) is 0 Å². The number of primary amides is 1. The summed E-state index contributed by atoms with van der Waals surface area (Å²) in [6.45, 7) is 3.78. The van der Waals surface area contributed by atoms with Crippen LogP contribution in [0.4, 0.5) is 16.3 Å². The second-order valence-electron chi connectivity index (χ2n) is 6.50. The van der Waals surface area contributed by atoms with E-state index in [1.807, 2.05) is 68.4 Å². The number of urea groups is 1.